The number of methoxy groups -OCH3 is 1. The average Bonchev–Trinajstić information content (AvgIpc) is 3.10. The van der Waals surface area contributed by atoms with E-state index in [1.807, 2.05) is 11.3 Å². The minimum atomic E-state index is -0.405. The number of thiophene rings is 1. The van der Waals surface area contributed by atoms with Gasteiger partial charge in [0.2, 0.25) is 5.91 Å². The lowest BCUT2D eigenvalue weighted by atomic mass is 9.98. The summed E-state index contributed by atoms with van der Waals surface area (Å²) in [5, 5.41) is 2.14. The van der Waals surface area contributed by atoms with Crippen LogP contribution in [0.25, 0.3) is 0 Å². The molecule has 0 saturated carbocycles. The number of rotatable bonds is 6. The average molecular weight is 376 g/mol. The Morgan fingerprint density at radius 3 is 2.92 bits per heavy atom. The van der Waals surface area contributed by atoms with Crippen molar-refractivity contribution in [3.8, 4) is 5.75 Å². The van der Waals surface area contributed by atoms with E-state index in [-0.39, 0.29) is 11.7 Å². The maximum absolute atomic E-state index is 13.8. The molecule has 0 N–H and O–H groups in total. The van der Waals surface area contributed by atoms with Crippen LogP contribution in [0.5, 0.6) is 5.75 Å². The van der Waals surface area contributed by atoms with Crippen molar-refractivity contribution in [2.45, 2.75) is 32.4 Å². The Hall–Kier alpha value is -1.92. The molecule has 1 aromatic carbocycles. The Bertz CT molecular complexity index is 777. The maximum atomic E-state index is 13.8. The molecule has 3 rings (SSSR count). The third-order valence-corrected chi connectivity index (χ3v) is 5.99. The van der Waals surface area contributed by atoms with E-state index >= 15 is 0 Å². The number of amides is 1. The van der Waals surface area contributed by atoms with Crippen LogP contribution in [0.1, 0.15) is 35.4 Å². The molecule has 0 spiro atoms. The van der Waals surface area contributed by atoms with Gasteiger partial charge in [-0.1, -0.05) is 13.0 Å². The van der Waals surface area contributed by atoms with E-state index < -0.39 is 5.82 Å². The smallest absolute Gasteiger partial charge is 0.236 e. The van der Waals surface area contributed by atoms with Crippen LogP contribution in [0.2, 0.25) is 0 Å². The van der Waals surface area contributed by atoms with Crippen LogP contribution < -0.4 is 4.74 Å². The predicted molar refractivity (Wildman–Crippen MR) is 102 cm³/mol. The van der Waals surface area contributed by atoms with Gasteiger partial charge in [0.1, 0.15) is 0 Å². The third kappa shape index (κ3) is 3.91. The molecule has 0 aliphatic carbocycles. The van der Waals surface area contributed by atoms with Gasteiger partial charge in [-0.25, -0.2) is 4.39 Å². The van der Waals surface area contributed by atoms with Crippen molar-refractivity contribution >= 4 is 17.2 Å². The van der Waals surface area contributed by atoms with Gasteiger partial charge in [-0.3, -0.25) is 9.69 Å². The van der Waals surface area contributed by atoms with E-state index in [2.05, 4.69) is 23.3 Å². The number of fused-ring (bicyclic) bond motifs is 1. The molecule has 1 amide bonds. The van der Waals surface area contributed by atoms with Crippen molar-refractivity contribution in [1.82, 2.24) is 9.80 Å². The van der Waals surface area contributed by atoms with Gasteiger partial charge in [-0.05, 0) is 47.5 Å². The fourth-order valence-electron chi connectivity index (χ4n) is 3.58. The van der Waals surface area contributed by atoms with Gasteiger partial charge in [0, 0.05) is 31.1 Å². The van der Waals surface area contributed by atoms with Gasteiger partial charge >= 0.3 is 0 Å². The van der Waals surface area contributed by atoms with Crippen LogP contribution in [0, 0.1) is 5.82 Å². The highest BCUT2D eigenvalue weighted by molar-refractivity contribution is 7.10. The van der Waals surface area contributed by atoms with Crippen LogP contribution in [0.4, 0.5) is 4.39 Å². The lowest BCUT2D eigenvalue weighted by molar-refractivity contribution is -0.132. The number of likely N-dealkylation sites (N-methyl/N-ethyl adjacent to an activating group) is 1. The fraction of sp³-hybridized carbons (Fsp3) is 0.450. The fourth-order valence-corrected chi connectivity index (χ4v) is 4.51. The quantitative estimate of drug-likeness (QED) is 0.767. The second-order valence-electron chi connectivity index (χ2n) is 6.66. The summed E-state index contributed by atoms with van der Waals surface area (Å²) in [6, 6.07) is 7.31. The molecule has 0 saturated heterocycles. The zero-order valence-electron chi connectivity index (χ0n) is 15.5. The molecule has 1 unspecified atom stereocenters. The van der Waals surface area contributed by atoms with Crippen LogP contribution >= 0.6 is 11.3 Å². The van der Waals surface area contributed by atoms with Gasteiger partial charge < -0.3 is 9.64 Å². The first-order chi connectivity index (χ1) is 12.5. The third-order valence-electron chi connectivity index (χ3n) is 4.99. The van der Waals surface area contributed by atoms with E-state index in [0.717, 1.165) is 24.9 Å². The number of ether oxygens (including phenoxy) is 1. The van der Waals surface area contributed by atoms with Gasteiger partial charge in [0.05, 0.1) is 13.7 Å². The number of carbonyl (C=O) groups is 1. The summed E-state index contributed by atoms with van der Waals surface area (Å²) in [7, 11) is 3.21. The number of halogens is 1. The summed E-state index contributed by atoms with van der Waals surface area (Å²) in [6.45, 7) is 3.85. The molecule has 0 radical (unpaired) electrons. The van der Waals surface area contributed by atoms with E-state index in [4.69, 9.17) is 4.74 Å². The zero-order chi connectivity index (χ0) is 18.7. The van der Waals surface area contributed by atoms with Crippen LogP contribution in [-0.2, 0) is 17.8 Å². The Balaban J connectivity index is 1.63. The lowest BCUT2D eigenvalue weighted by Gasteiger charge is -2.35. The van der Waals surface area contributed by atoms with Gasteiger partial charge in [-0.2, -0.15) is 0 Å². The molecule has 140 valence electrons. The standard InChI is InChI=1S/C20H25FN2O2S/c1-4-17-15-8-10-26-19(15)7-9-23(17)13-20(24)22(2)12-14-5-6-18(25-3)16(21)11-14/h5-6,8,10-11,17H,4,7,9,12-13H2,1-3H3. The van der Waals surface area contributed by atoms with Crippen molar-refractivity contribution < 1.29 is 13.9 Å². The van der Waals surface area contributed by atoms with Gasteiger partial charge in [0.15, 0.2) is 11.6 Å². The summed E-state index contributed by atoms with van der Waals surface area (Å²) in [4.78, 5) is 18.1. The molecule has 1 aliphatic rings. The van der Waals surface area contributed by atoms with Crippen LogP contribution in [0.15, 0.2) is 29.6 Å². The van der Waals surface area contributed by atoms with E-state index in [9.17, 15) is 9.18 Å². The summed E-state index contributed by atoms with van der Waals surface area (Å²) in [5.41, 5.74) is 2.13. The first kappa shape index (κ1) is 18.9. The van der Waals surface area contributed by atoms with E-state index in [1.54, 1.807) is 24.1 Å². The molecule has 0 bridgehead atoms. The van der Waals surface area contributed by atoms with Crippen molar-refractivity contribution in [3.05, 3.63) is 51.5 Å². The highest BCUT2D eigenvalue weighted by Crippen LogP contribution is 2.35. The topological polar surface area (TPSA) is 32.8 Å². The van der Waals surface area contributed by atoms with Gasteiger partial charge in [0.25, 0.3) is 0 Å². The van der Waals surface area contributed by atoms with E-state index in [1.165, 1.54) is 23.6 Å². The predicted octanol–water partition coefficient (Wildman–Crippen LogP) is 3.86. The summed E-state index contributed by atoms with van der Waals surface area (Å²) in [5.74, 6) is -0.135. The second kappa shape index (κ2) is 8.18. The molecule has 26 heavy (non-hydrogen) atoms. The monoisotopic (exact) mass is 376 g/mol. The van der Waals surface area contributed by atoms with Crippen LogP contribution in [-0.4, -0.2) is 43.0 Å². The molecule has 6 heteroatoms. The first-order valence-electron chi connectivity index (χ1n) is 8.90. The largest absolute Gasteiger partial charge is 0.494 e. The number of carbonyl (C=O) groups excluding carboxylic acids is 1. The summed E-state index contributed by atoms with van der Waals surface area (Å²) < 4.78 is 18.8. The Morgan fingerprint density at radius 1 is 1.42 bits per heavy atom. The lowest BCUT2D eigenvalue weighted by Crippen LogP contribution is -2.42. The number of benzene rings is 1. The molecular formula is C20H25FN2O2S. The molecule has 1 atom stereocenters. The molecule has 4 nitrogen and oxygen atoms in total. The first-order valence-corrected chi connectivity index (χ1v) is 9.78. The Labute approximate surface area is 158 Å². The van der Waals surface area contributed by atoms with Crippen LogP contribution in [0.3, 0.4) is 0 Å². The van der Waals surface area contributed by atoms with Gasteiger partial charge in [-0.15, -0.1) is 11.3 Å². The molecule has 1 aromatic heterocycles. The van der Waals surface area contributed by atoms with Crippen molar-refractivity contribution in [3.63, 3.8) is 0 Å². The SMILES string of the molecule is CCC1c2ccsc2CCN1CC(=O)N(C)Cc1ccc(OC)c(F)c1. The minimum absolute atomic E-state index is 0.0540. The molecule has 0 fully saturated rings. The number of hydrogen-bond acceptors (Lipinski definition) is 4. The maximum Gasteiger partial charge on any atom is 0.236 e. The normalized spacial score (nSPS) is 17.0. The highest BCUT2D eigenvalue weighted by Gasteiger charge is 2.28. The Morgan fingerprint density at radius 2 is 2.23 bits per heavy atom. The minimum Gasteiger partial charge on any atom is -0.494 e. The summed E-state index contributed by atoms with van der Waals surface area (Å²) in [6.07, 6.45) is 1.99. The Kier molecular flexibility index (Phi) is 5.94. The van der Waals surface area contributed by atoms with Crippen molar-refractivity contribution in [2.24, 2.45) is 0 Å². The summed E-state index contributed by atoms with van der Waals surface area (Å²) >= 11 is 1.81. The molecule has 1 aliphatic heterocycles. The number of nitrogens with zero attached hydrogens (tertiary/aromatic N) is 2. The second-order valence-corrected chi connectivity index (χ2v) is 7.66. The molecular weight excluding hydrogens is 351 g/mol. The molecule has 2 heterocycles. The highest BCUT2D eigenvalue weighted by atomic mass is 32.1. The zero-order valence-corrected chi connectivity index (χ0v) is 16.3. The van der Waals surface area contributed by atoms with Crippen molar-refractivity contribution in [1.29, 1.82) is 0 Å². The van der Waals surface area contributed by atoms with E-state index in [0.29, 0.717) is 19.1 Å². The van der Waals surface area contributed by atoms with Crippen molar-refractivity contribution in [2.75, 3.05) is 27.2 Å². The molecule has 2 aromatic rings. The number of hydrogen-bond donors (Lipinski definition) is 0.